The van der Waals surface area contributed by atoms with E-state index in [1.807, 2.05) is 0 Å². The highest BCUT2D eigenvalue weighted by Gasteiger charge is 2.36. The van der Waals surface area contributed by atoms with Crippen molar-refractivity contribution in [2.24, 2.45) is 0 Å². The van der Waals surface area contributed by atoms with Crippen molar-refractivity contribution < 1.29 is 28.8 Å². The molecule has 0 saturated carbocycles. The van der Waals surface area contributed by atoms with Gasteiger partial charge in [-0.15, -0.1) is 0 Å². The van der Waals surface area contributed by atoms with Gasteiger partial charge in [-0.3, -0.25) is 9.80 Å². The number of aromatic amines is 4. The summed E-state index contributed by atoms with van der Waals surface area (Å²) in [5.41, 5.74) is 6.98. The van der Waals surface area contributed by atoms with E-state index in [4.69, 9.17) is 18.9 Å². The molecule has 14 rings (SSSR count). The fraction of sp³-hybridized carbons (Fsp3) is 0.404. The van der Waals surface area contributed by atoms with Gasteiger partial charge in [-0.2, -0.15) is 0 Å². The molecule has 5 heterocycles. The molecule has 13 aromatic rings. The first-order valence-electron chi connectivity index (χ1n) is 47.4. The molecule has 124 heavy (non-hydrogen) atoms. The van der Waals surface area contributed by atoms with Gasteiger partial charge in [0.15, 0.2) is 0 Å². The smallest absolute Gasteiger partial charge is 0.335 e. The van der Waals surface area contributed by atoms with Crippen LogP contribution < -0.4 is 43.7 Å². The first kappa shape index (κ1) is 88.7. The van der Waals surface area contributed by atoms with Crippen LogP contribution >= 0.6 is 0 Å². The first-order chi connectivity index (χ1) is 61.2. The average molecular weight is 1670 g/mol. The number of aromatic nitrogens is 4. The molecule has 0 saturated heterocycles. The molecule has 15 heteroatoms. The summed E-state index contributed by atoms with van der Waals surface area (Å²) in [6.45, 7) is 15.9. The second-order valence-electron chi connectivity index (χ2n) is 34.0. The third kappa shape index (κ3) is 22.3. The fourth-order valence-electron chi connectivity index (χ4n) is 17.5. The molecule has 0 amide bonds. The third-order valence-electron chi connectivity index (χ3n) is 24.4. The van der Waals surface area contributed by atoms with Crippen molar-refractivity contribution in [2.45, 2.75) is 260 Å². The summed E-state index contributed by atoms with van der Waals surface area (Å²) in [4.78, 5) is 36.5. The molecular formula is C109H133N9O6. The average Bonchev–Trinajstić information content (AvgIpc) is 1.56. The molecule has 4 aromatic heterocycles. The zero-order valence-electron chi connectivity index (χ0n) is 74.7. The number of nitrogens with one attached hydrogen (secondary N) is 4. The van der Waals surface area contributed by atoms with Crippen LogP contribution in [-0.2, 0) is 12.8 Å². The molecule has 5 N–H and O–H groups in total. The summed E-state index contributed by atoms with van der Waals surface area (Å²) in [5.74, 6) is 11.5. The van der Waals surface area contributed by atoms with Crippen LogP contribution in [0.1, 0.15) is 274 Å². The number of nitrogens with zero attached hydrogens (tertiary/aromatic N) is 5. The minimum atomic E-state index is -1.01. The second kappa shape index (κ2) is 45.7. The van der Waals surface area contributed by atoms with Crippen molar-refractivity contribution in [3.05, 3.63) is 229 Å². The number of unbranched alkanes of at least 4 members (excludes halogenated alkanes) is 26. The predicted octanol–water partition coefficient (Wildman–Crippen LogP) is 31.8. The summed E-state index contributed by atoms with van der Waals surface area (Å²) in [6.07, 6.45) is 38.6. The molecule has 0 fully saturated rings. The molecule has 0 radical (unpaired) electrons. The van der Waals surface area contributed by atoms with Crippen LogP contribution in [0.3, 0.4) is 0 Å². The van der Waals surface area contributed by atoms with Crippen LogP contribution in [0, 0.1) is 12.0 Å². The summed E-state index contributed by atoms with van der Waals surface area (Å²) >= 11 is 0. The van der Waals surface area contributed by atoms with E-state index in [0.29, 0.717) is 66.6 Å². The lowest BCUT2D eigenvalue weighted by atomic mass is 10.0. The van der Waals surface area contributed by atoms with Crippen LogP contribution in [0.4, 0.5) is 69.3 Å². The van der Waals surface area contributed by atoms with Crippen LogP contribution in [0.15, 0.2) is 206 Å². The molecule has 0 aliphatic carbocycles. The topological polar surface area (TPSA) is 154 Å². The van der Waals surface area contributed by atoms with Crippen molar-refractivity contribution in [1.82, 2.24) is 19.9 Å². The van der Waals surface area contributed by atoms with Gasteiger partial charge in [0.1, 0.15) is 69.5 Å². The van der Waals surface area contributed by atoms with Gasteiger partial charge in [0.05, 0.1) is 54.7 Å². The molecule has 15 nitrogen and oxygen atoms in total. The molecule has 0 unspecified atom stereocenters. The Morgan fingerprint density at radius 1 is 0.315 bits per heavy atom. The van der Waals surface area contributed by atoms with Gasteiger partial charge in [0.25, 0.3) is 0 Å². The lowest BCUT2D eigenvalue weighted by Gasteiger charge is -2.37. The highest BCUT2D eigenvalue weighted by Crippen LogP contribution is 2.55. The lowest BCUT2D eigenvalue weighted by Crippen LogP contribution is -2.36. The fourth-order valence-corrected chi connectivity index (χ4v) is 17.5. The Hall–Kier alpha value is -11.6. The minimum absolute atomic E-state index is 0.177. The van der Waals surface area contributed by atoms with E-state index in [2.05, 4.69) is 280 Å². The number of anilines is 12. The third-order valence-corrected chi connectivity index (χ3v) is 24.4. The summed E-state index contributed by atoms with van der Waals surface area (Å²) < 4.78 is 28.2. The maximum Gasteiger partial charge on any atom is 0.335 e. The Morgan fingerprint density at radius 2 is 0.589 bits per heavy atom. The second-order valence-corrected chi connectivity index (χ2v) is 34.0. The molecule has 1 aliphatic rings. The number of hydrogen-bond donors (Lipinski definition) is 5. The molecule has 1 aliphatic heterocycles. The highest BCUT2D eigenvalue weighted by molar-refractivity contribution is 6.16. The Labute approximate surface area is 737 Å². The SMILES string of the molecule is CCCCCCCCOc1cc(OCCCCCCCC)cc(N2c3[nH]c(c4ccccc34)N(C#Cc3ccc(C(=O)O)cc3)c3[nH]c(c4ccccc34)N(c3cc(OCCCCCCCC)cc(OCCCCCCCC)c3)c3[nH]c(c4ccccc34)N(N(c3ccc(CCCCCC)cc3)c3ccc(CCCCCC)cc3)c3[nH]c2c2ccccc32)c1. The number of aromatic carboxylic acids is 1. The van der Waals surface area contributed by atoms with E-state index in [1.54, 1.807) is 24.3 Å². The number of ether oxygens (including phenoxy) is 4. The number of carboxylic acids is 1. The first-order valence-corrected chi connectivity index (χ1v) is 47.4. The zero-order valence-corrected chi connectivity index (χ0v) is 74.7. The predicted molar refractivity (Wildman–Crippen MR) is 520 cm³/mol. The number of hydrogen-bond acceptors (Lipinski definition) is 10. The van der Waals surface area contributed by atoms with Crippen LogP contribution in [0.5, 0.6) is 23.0 Å². The quantitative estimate of drug-likeness (QED) is 0.0183. The normalized spacial score (nSPS) is 12.1. The number of H-pyrrole nitrogens is 4. The van der Waals surface area contributed by atoms with Gasteiger partial charge in [-0.1, -0.05) is 330 Å². The van der Waals surface area contributed by atoms with E-state index >= 15 is 0 Å². The molecule has 0 spiro atoms. The monoisotopic (exact) mass is 1660 g/mol. The van der Waals surface area contributed by atoms with Crippen LogP contribution in [0.2, 0.25) is 0 Å². The number of hydrazine groups is 1. The van der Waals surface area contributed by atoms with E-state index in [0.717, 1.165) is 178 Å². The molecule has 8 bridgehead atoms. The largest absolute Gasteiger partial charge is 0.493 e. The minimum Gasteiger partial charge on any atom is -0.493 e. The van der Waals surface area contributed by atoms with Crippen molar-refractivity contribution in [1.29, 1.82) is 0 Å². The molecule has 650 valence electrons. The van der Waals surface area contributed by atoms with Gasteiger partial charge < -0.3 is 44.0 Å². The van der Waals surface area contributed by atoms with E-state index < -0.39 is 5.97 Å². The number of carboxylic acid groups (broad SMARTS) is 1. The molecular weight excluding hydrogens is 1530 g/mol. The van der Waals surface area contributed by atoms with Crippen molar-refractivity contribution in [2.75, 3.05) is 51.1 Å². The number of benzene rings is 9. The van der Waals surface area contributed by atoms with E-state index in [1.165, 1.54) is 152 Å². The van der Waals surface area contributed by atoms with Crippen LogP contribution in [-0.4, -0.2) is 57.4 Å². The standard InChI is InChI=1S/C109H133N9O6/c1-7-13-19-25-29-43-71-121-89-75-87(76-90(79-89)122-72-44-30-26-20-14-8-2)115-103-95-51-37-35-49-93(95)101(110-103)114(70-69-83-57-63-84(64-58-83)109(119)120)102-94-50-36-38-52-96(94)104(111-102)116(88-77-91(123-73-45-31-27-21-15-9-3)80-92(78-88)124-74-46-32-28-22-16-10-4)106-98-54-40-42-56-100(98)108(113-106)118(107-99-55-41-39-53-97(99)105(115)112-107)117(85-65-59-81(60-66-85)47-33-23-17-11-5)86-67-61-82(62-68-86)48-34-24-18-12-6/h35-42,49-68,75-80,110-113H,7-34,43-48,71-74H2,1-6H3,(H,119,120). The number of carbonyl (C=O) groups is 1. The van der Waals surface area contributed by atoms with Crippen molar-refractivity contribution in [3.8, 4) is 35.0 Å². The summed E-state index contributed by atoms with van der Waals surface area (Å²) in [7, 11) is 0. The lowest BCUT2D eigenvalue weighted by molar-refractivity contribution is 0.0696. The Balaban J connectivity index is 1.08. The zero-order chi connectivity index (χ0) is 85.6. The van der Waals surface area contributed by atoms with Gasteiger partial charge in [0, 0.05) is 91.1 Å². The van der Waals surface area contributed by atoms with E-state index in [-0.39, 0.29) is 5.56 Å². The summed E-state index contributed by atoms with van der Waals surface area (Å²) in [6, 6.07) is 77.1. The molecule has 0 atom stereocenters. The van der Waals surface area contributed by atoms with Gasteiger partial charge >= 0.3 is 5.97 Å². The van der Waals surface area contributed by atoms with Crippen molar-refractivity contribution in [3.63, 3.8) is 0 Å². The van der Waals surface area contributed by atoms with Crippen LogP contribution in [0.25, 0.3) is 43.1 Å². The highest BCUT2D eigenvalue weighted by atomic mass is 16.5. The maximum atomic E-state index is 12.5. The molecule has 9 aromatic carbocycles. The van der Waals surface area contributed by atoms with Gasteiger partial charge in [-0.05, 0) is 117 Å². The number of aryl methyl sites for hydroxylation is 2. The Bertz CT molecular complexity index is 5190. The summed E-state index contributed by atoms with van der Waals surface area (Å²) in [5, 5.41) is 22.5. The van der Waals surface area contributed by atoms with Gasteiger partial charge in [0.2, 0.25) is 0 Å². The number of rotatable bonds is 48. The van der Waals surface area contributed by atoms with Crippen molar-refractivity contribution >= 4 is 118 Å². The Morgan fingerprint density at radius 3 is 0.895 bits per heavy atom. The Kier molecular flexibility index (Phi) is 32.7. The van der Waals surface area contributed by atoms with Gasteiger partial charge in [-0.25, -0.2) is 19.7 Å². The van der Waals surface area contributed by atoms with E-state index in [9.17, 15) is 9.90 Å². The maximum absolute atomic E-state index is 12.5.